The molecular weight excluding hydrogens is 354 g/mol. The van der Waals surface area contributed by atoms with Crippen LogP contribution in [0.4, 0.5) is 5.69 Å². The number of hydrogen-bond acceptors (Lipinski definition) is 5. The smallest absolute Gasteiger partial charge is 0.269 e. The molecule has 1 aliphatic heterocycles. The zero-order valence-corrected chi connectivity index (χ0v) is 15.1. The zero-order valence-electron chi connectivity index (χ0n) is 14.3. The third-order valence-corrected chi connectivity index (χ3v) is 6.49. The Morgan fingerprint density at radius 2 is 1.54 bits per heavy atom. The van der Waals surface area contributed by atoms with Crippen molar-refractivity contribution in [3.8, 4) is 0 Å². The number of hydrogen-bond donors (Lipinski definition) is 0. The lowest BCUT2D eigenvalue weighted by Crippen LogP contribution is -2.48. The highest BCUT2D eigenvalue weighted by atomic mass is 32.2. The summed E-state index contributed by atoms with van der Waals surface area (Å²) in [5.74, 6) is 0. The minimum absolute atomic E-state index is 0.0912. The number of rotatable bonds is 6. The van der Waals surface area contributed by atoms with Crippen molar-refractivity contribution in [1.29, 1.82) is 0 Å². The number of sulfonamides is 1. The predicted molar refractivity (Wildman–Crippen MR) is 98.4 cm³/mol. The summed E-state index contributed by atoms with van der Waals surface area (Å²) in [4.78, 5) is 12.8. The third kappa shape index (κ3) is 4.27. The maximum Gasteiger partial charge on any atom is 0.269 e. The second-order valence-electron chi connectivity index (χ2n) is 6.23. The third-order valence-electron chi connectivity index (χ3n) is 4.58. The van der Waals surface area contributed by atoms with Crippen molar-refractivity contribution in [3.63, 3.8) is 0 Å². The molecule has 8 heteroatoms. The number of piperazine rings is 1. The molecule has 1 saturated heterocycles. The number of nitro groups is 1. The van der Waals surface area contributed by atoms with Crippen molar-refractivity contribution in [3.05, 3.63) is 70.3 Å². The van der Waals surface area contributed by atoms with Crippen molar-refractivity contribution in [2.45, 2.75) is 11.3 Å². The van der Waals surface area contributed by atoms with Crippen LogP contribution >= 0.6 is 0 Å². The molecule has 7 nitrogen and oxygen atoms in total. The Kier molecular flexibility index (Phi) is 5.65. The van der Waals surface area contributed by atoms with Gasteiger partial charge in [0.2, 0.25) is 10.0 Å². The van der Waals surface area contributed by atoms with E-state index in [1.807, 2.05) is 0 Å². The first-order valence-electron chi connectivity index (χ1n) is 8.48. The fourth-order valence-corrected chi connectivity index (χ4v) is 4.45. The predicted octanol–water partition coefficient (Wildman–Crippen LogP) is 2.14. The van der Waals surface area contributed by atoms with E-state index in [4.69, 9.17) is 0 Å². The van der Waals surface area contributed by atoms with Gasteiger partial charge in [0.25, 0.3) is 5.69 Å². The molecule has 3 rings (SSSR count). The Balaban J connectivity index is 1.52. The summed E-state index contributed by atoms with van der Waals surface area (Å²) in [6.45, 7) is 3.10. The van der Waals surface area contributed by atoms with Crippen LogP contribution in [-0.2, 0) is 16.4 Å². The lowest BCUT2D eigenvalue weighted by atomic mass is 10.1. The van der Waals surface area contributed by atoms with Gasteiger partial charge in [0.05, 0.1) is 9.82 Å². The van der Waals surface area contributed by atoms with Crippen LogP contribution in [0.1, 0.15) is 5.56 Å². The molecule has 1 heterocycles. The Morgan fingerprint density at radius 1 is 0.923 bits per heavy atom. The van der Waals surface area contributed by atoms with Gasteiger partial charge in [-0.3, -0.25) is 10.1 Å². The van der Waals surface area contributed by atoms with Gasteiger partial charge >= 0.3 is 0 Å². The molecule has 0 N–H and O–H groups in total. The highest BCUT2D eigenvalue weighted by Gasteiger charge is 2.28. The number of nitrogens with zero attached hydrogens (tertiary/aromatic N) is 3. The Labute approximate surface area is 153 Å². The lowest BCUT2D eigenvalue weighted by molar-refractivity contribution is -0.384. The average molecular weight is 375 g/mol. The maximum atomic E-state index is 12.6. The second-order valence-corrected chi connectivity index (χ2v) is 8.17. The van der Waals surface area contributed by atoms with E-state index >= 15 is 0 Å². The Hall–Kier alpha value is -2.29. The molecule has 2 aromatic rings. The quantitative estimate of drug-likeness (QED) is 0.571. The fraction of sp³-hybridized carbons (Fsp3) is 0.333. The van der Waals surface area contributed by atoms with Gasteiger partial charge in [-0.2, -0.15) is 4.31 Å². The van der Waals surface area contributed by atoms with Crippen molar-refractivity contribution < 1.29 is 13.3 Å². The molecule has 0 amide bonds. The van der Waals surface area contributed by atoms with Crippen LogP contribution in [0, 0.1) is 10.1 Å². The molecule has 0 radical (unpaired) electrons. The van der Waals surface area contributed by atoms with Crippen LogP contribution in [-0.4, -0.2) is 55.3 Å². The summed E-state index contributed by atoms with van der Waals surface area (Å²) >= 11 is 0. The fourth-order valence-electron chi connectivity index (χ4n) is 3.01. The first-order chi connectivity index (χ1) is 12.5. The normalized spacial score (nSPS) is 16.5. The van der Waals surface area contributed by atoms with Crippen molar-refractivity contribution in [2.75, 3.05) is 32.7 Å². The standard InChI is InChI=1S/C18H21N3O4S/c22-21(23)17-8-6-16(7-9-17)10-11-19-12-14-20(15-13-19)26(24,25)18-4-2-1-3-5-18/h1-9H,10-15H2. The Morgan fingerprint density at radius 3 is 2.12 bits per heavy atom. The van der Waals surface area contributed by atoms with Gasteiger partial charge in [-0.05, 0) is 24.1 Å². The van der Waals surface area contributed by atoms with Crippen LogP contribution in [0.15, 0.2) is 59.5 Å². The van der Waals surface area contributed by atoms with E-state index < -0.39 is 14.9 Å². The molecule has 26 heavy (non-hydrogen) atoms. The molecule has 0 saturated carbocycles. The number of non-ortho nitro benzene ring substituents is 1. The summed E-state index contributed by atoms with van der Waals surface area (Å²) in [7, 11) is -3.42. The van der Waals surface area contributed by atoms with Crippen LogP contribution in [0.5, 0.6) is 0 Å². The summed E-state index contributed by atoms with van der Waals surface area (Å²) in [6, 6.07) is 15.1. The second kappa shape index (κ2) is 7.94. The zero-order chi connectivity index (χ0) is 18.6. The van der Waals surface area contributed by atoms with E-state index in [0.29, 0.717) is 31.1 Å². The highest BCUT2D eigenvalue weighted by Crippen LogP contribution is 2.18. The van der Waals surface area contributed by atoms with Crippen molar-refractivity contribution >= 4 is 15.7 Å². The minimum atomic E-state index is -3.42. The SMILES string of the molecule is O=[N+]([O-])c1ccc(CCN2CCN(S(=O)(=O)c3ccccc3)CC2)cc1. The summed E-state index contributed by atoms with van der Waals surface area (Å²) in [5.41, 5.74) is 1.13. The summed E-state index contributed by atoms with van der Waals surface area (Å²) < 4.78 is 26.8. The lowest BCUT2D eigenvalue weighted by Gasteiger charge is -2.34. The van der Waals surface area contributed by atoms with Gasteiger partial charge in [0.1, 0.15) is 0 Å². The van der Waals surface area contributed by atoms with Gasteiger partial charge in [-0.25, -0.2) is 8.42 Å². The summed E-state index contributed by atoms with van der Waals surface area (Å²) in [6.07, 6.45) is 0.781. The van der Waals surface area contributed by atoms with Gasteiger partial charge in [0, 0.05) is 44.9 Å². The summed E-state index contributed by atoms with van der Waals surface area (Å²) in [5, 5.41) is 10.7. The largest absolute Gasteiger partial charge is 0.300 e. The number of benzene rings is 2. The van der Waals surface area contributed by atoms with Crippen LogP contribution in [0.2, 0.25) is 0 Å². The number of nitro benzene ring substituents is 1. The van der Waals surface area contributed by atoms with E-state index in [0.717, 1.165) is 18.5 Å². The van der Waals surface area contributed by atoms with Crippen molar-refractivity contribution in [2.24, 2.45) is 0 Å². The van der Waals surface area contributed by atoms with E-state index in [1.54, 1.807) is 42.5 Å². The molecule has 1 aliphatic rings. The van der Waals surface area contributed by atoms with E-state index in [2.05, 4.69) is 4.90 Å². The van der Waals surface area contributed by atoms with Gasteiger partial charge in [0.15, 0.2) is 0 Å². The molecule has 0 bridgehead atoms. The van der Waals surface area contributed by atoms with Gasteiger partial charge < -0.3 is 4.90 Å². The molecular formula is C18H21N3O4S. The van der Waals surface area contributed by atoms with Crippen LogP contribution in [0.25, 0.3) is 0 Å². The molecule has 0 aromatic heterocycles. The molecule has 2 aromatic carbocycles. The monoisotopic (exact) mass is 375 g/mol. The molecule has 0 atom stereocenters. The van der Waals surface area contributed by atoms with Crippen LogP contribution in [0.3, 0.4) is 0 Å². The molecule has 0 unspecified atom stereocenters. The van der Waals surface area contributed by atoms with Crippen molar-refractivity contribution in [1.82, 2.24) is 9.21 Å². The molecule has 0 aliphatic carbocycles. The molecule has 0 spiro atoms. The van der Waals surface area contributed by atoms with E-state index in [-0.39, 0.29) is 5.69 Å². The first kappa shape index (κ1) is 18.5. The molecule has 1 fully saturated rings. The Bertz CT molecular complexity index is 846. The molecule has 138 valence electrons. The van der Waals surface area contributed by atoms with Gasteiger partial charge in [-0.15, -0.1) is 0 Å². The minimum Gasteiger partial charge on any atom is -0.300 e. The van der Waals surface area contributed by atoms with E-state index in [1.165, 1.54) is 16.4 Å². The average Bonchev–Trinajstić information content (AvgIpc) is 2.67. The first-order valence-corrected chi connectivity index (χ1v) is 9.92. The topological polar surface area (TPSA) is 83.8 Å². The van der Waals surface area contributed by atoms with Crippen LogP contribution < -0.4 is 0 Å². The van der Waals surface area contributed by atoms with Gasteiger partial charge in [-0.1, -0.05) is 30.3 Å². The maximum absolute atomic E-state index is 12.6. The highest BCUT2D eigenvalue weighted by molar-refractivity contribution is 7.89. The van der Waals surface area contributed by atoms with E-state index in [9.17, 15) is 18.5 Å².